The van der Waals surface area contributed by atoms with Crippen molar-refractivity contribution in [2.75, 3.05) is 34.5 Å². The molecule has 0 fully saturated rings. The van der Waals surface area contributed by atoms with Crippen molar-refractivity contribution in [3.63, 3.8) is 0 Å². The molecule has 4 aromatic carbocycles. The Labute approximate surface area is 266 Å². The number of methoxy groups -OCH3 is 3. The van der Waals surface area contributed by atoms with Gasteiger partial charge in [0.15, 0.2) is 17.3 Å². The zero-order valence-corrected chi connectivity index (χ0v) is 25.7. The average molecular weight is 621 g/mol. The smallest absolute Gasteiger partial charge is 0.312 e. The number of hydrogen-bond donors (Lipinski definition) is 0. The molecule has 0 N–H and O–H groups in total. The molecule has 4 aromatic rings. The predicted octanol–water partition coefficient (Wildman–Crippen LogP) is 6.33. The summed E-state index contributed by atoms with van der Waals surface area (Å²) in [7, 11) is 4.60. The topological polar surface area (TPSA) is 98.8 Å². The molecule has 3 heterocycles. The van der Waals surface area contributed by atoms with E-state index in [2.05, 4.69) is 12.1 Å². The number of Topliss-reactive ketones (excluding diaryl/α,β-unsaturated/α-hetero) is 1. The zero-order valence-electron chi connectivity index (χ0n) is 25.7. The molecule has 0 unspecified atom stereocenters. The van der Waals surface area contributed by atoms with Crippen LogP contribution in [0.25, 0.3) is 6.08 Å². The minimum atomic E-state index is -0.456. The standard InChI is InChI=1S/C37H32O9/c1-40-30-20-32(42-3)31(41-2)17-23(30)18-33-36(39)25-9-11-29-35(37(25)46-33)26(19-34(38)45-29)24-6-4-5-7-28(24)44-14-12-21-8-10-27-22(16-21)13-15-43-27/h4-11,16-18,20,26H,12-15,19H2,1-3H3/b33-18-/t26-/m1/s1. The maximum absolute atomic E-state index is 13.7. The molecular formula is C37H32O9. The maximum Gasteiger partial charge on any atom is 0.312 e. The number of ether oxygens (including phenoxy) is 7. The van der Waals surface area contributed by atoms with E-state index < -0.39 is 5.92 Å². The highest BCUT2D eigenvalue weighted by atomic mass is 16.5. The highest BCUT2D eigenvalue weighted by molar-refractivity contribution is 6.15. The van der Waals surface area contributed by atoms with Crippen LogP contribution in [0.2, 0.25) is 0 Å². The van der Waals surface area contributed by atoms with Gasteiger partial charge >= 0.3 is 5.97 Å². The lowest BCUT2D eigenvalue weighted by Gasteiger charge is -2.27. The highest BCUT2D eigenvalue weighted by Gasteiger charge is 2.39. The molecule has 9 heteroatoms. The monoisotopic (exact) mass is 620 g/mol. The van der Waals surface area contributed by atoms with E-state index in [9.17, 15) is 9.59 Å². The first-order valence-corrected chi connectivity index (χ1v) is 15.1. The van der Waals surface area contributed by atoms with Crippen LogP contribution in [-0.2, 0) is 17.6 Å². The summed E-state index contributed by atoms with van der Waals surface area (Å²) in [5.74, 6) is 2.75. The van der Waals surface area contributed by atoms with Crippen LogP contribution in [-0.4, -0.2) is 46.3 Å². The van der Waals surface area contributed by atoms with E-state index >= 15 is 0 Å². The fraction of sp³-hybridized carbons (Fsp3) is 0.243. The van der Waals surface area contributed by atoms with Gasteiger partial charge in [-0.2, -0.15) is 0 Å². The van der Waals surface area contributed by atoms with Crippen molar-refractivity contribution < 1.29 is 42.7 Å². The fourth-order valence-corrected chi connectivity index (χ4v) is 6.25. The number of carbonyl (C=O) groups excluding carboxylic acids is 2. The lowest BCUT2D eigenvalue weighted by Crippen LogP contribution is -2.22. The Morgan fingerprint density at radius 1 is 0.826 bits per heavy atom. The van der Waals surface area contributed by atoms with E-state index in [0.29, 0.717) is 70.8 Å². The second kappa shape index (κ2) is 12.2. The molecule has 3 aliphatic rings. The Morgan fingerprint density at radius 3 is 2.43 bits per heavy atom. The van der Waals surface area contributed by atoms with Gasteiger partial charge < -0.3 is 33.2 Å². The van der Waals surface area contributed by atoms with Gasteiger partial charge in [-0.25, -0.2) is 0 Å². The summed E-state index contributed by atoms with van der Waals surface area (Å²) >= 11 is 0. The van der Waals surface area contributed by atoms with Crippen LogP contribution >= 0.6 is 0 Å². The van der Waals surface area contributed by atoms with E-state index in [4.69, 9.17) is 33.2 Å². The van der Waals surface area contributed by atoms with Gasteiger partial charge in [0.1, 0.15) is 28.7 Å². The number of rotatable bonds is 9. The molecule has 0 saturated carbocycles. The summed E-state index contributed by atoms with van der Waals surface area (Å²) in [6, 6.07) is 20.6. The van der Waals surface area contributed by atoms with Gasteiger partial charge in [0.25, 0.3) is 0 Å². The largest absolute Gasteiger partial charge is 0.496 e. The number of esters is 1. The second-order valence-corrected chi connectivity index (χ2v) is 11.2. The van der Waals surface area contributed by atoms with Gasteiger partial charge in [-0.3, -0.25) is 9.59 Å². The first-order valence-electron chi connectivity index (χ1n) is 15.1. The quantitative estimate of drug-likeness (QED) is 0.121. The zero-order chi connectivity index (χ0) is 31.8. The molecule has 0 radical (unpaired) electrons. The lowest BCUT2D eigenvalue weighted by atomic mass is 9.84. The maximum atomic E-state index is 13.7. The third-order valence-corrected chi connectivity index (χ3v) is 8.50. The summed E-state index contributed by atoms with van der Waals surface area (Å²) in [5.41, 5.74) is 4.78. The number of ketones is 1. The Bertz CT molecular complexity index is 1890. The normalized spacial score (nSPS) is 16.9. The fourth-order valence-electron chi connectivity index (χ4n) is 6.25. The van der Waals surface area contributed by atoms with Gasteiger partial charge in [0, 0.05) is 41.5 Å². The van der Waals surface area contributed by atoms with Gasteiger partial charge in [0.05, 0.1) is 46.5 Å². The van der Waals surface area contributed by atoms with Gasteiger partial charge in [0.2, 0.25) is 5.78 Å². The minimum absolute atomic E-state index is 0.0642. The minimum Gasteiger partial charge on any atom is -0.496 e. The van der Waals surface area contributed by atoms with E-state index in [0.717, 1.165) is 17.7 Å². The number of hydrogen-bond acceptors (Lipinski definition) is 9. The SMILES string of the molecule is COc1cc(OC)c(OC)cc1/C=C1\Oc2c(ccc3c2[C@@H](c2ccccc2OCCc2ccc4c(c2)CCO4)CC(=O)O3)C1=O. The number of benzene rings is 4. The highest BCUT2D eigenvalue weighted by Crippen LogP contribution is 2.50. The molecule has 234 valence electrons. The molecule has 0 bridgehead atoms. The first-order chi connectivity index (χ1) is 22.5. The van der Waals surface area contributed by atoms with E-state index in [1.54, 1.807) is 30.3 Å². The van der Waals surface area contributed by atoms with Gasteiger partial charge in [-0.15, -0.1) is 0 Å². The molecule has 0 amide bonds. The van der Waals surface area contributed by atoms with Crippen molar-refractivity contribution in [2.45, 2.75) is 25.2 Å². The molecule has 3 aliphatic heterocycles. The predicted molar refractivity (Wildman–Crippen MR) is 169 cm³/mol. The molecular weight excluding hydrogens is 588 g/mol. The number of para-hydroxylation sites is 1. The molecule has 0 saturated heterocycles. The van der Waals surface area contributed by atoms with Crippen molar-refractivity contribution >= 4 is 17.8 Å². The number of carbonyl (C=O) groups is 2. The Balaban J connectivity index is 1.20. The third kappa shape index (κ3) is 5.27. The van der Waals surface area contributed by atoms with Crippen LogP contribution in [0.1, 0.15) is 50.5 Å². The molecule has 7 rings (SSSR count). The summed E-state index contributed by atoms with van der Waals surface area (Å²) in [6.07, 6.45) is 3.31. The Hall–Kier alpha value is -5.44. The van der Waals surface area contributed by atoms with Crippen LogP contribution in [0.15, 0.2) is 72.5 Å². The summed E-state index contributed by atoms with van der Waals surface area (Å²) in [6.45, 7) is 1.16. The molecule has 1 atom stereocenters. The van der Waals surface area contributed by atoms with Crippen molar-refractivity contribution in [2.24, 2.45) is 0 Å². The van der Waals surface area contributed by atoms with Crippen LogP contribution < -0.4 is 33.2 Å². The second-order valence-electron chi connectivity index (χ2n) is 11.2. The molecule has 9 nitrogen and oxygen atoms in total. The molecule has 0 aromatic heterocycles. The molecule has 0 aliphatic carbocycles. The Kier molecular flexibility index (Phi) is 7.74. The third-order valence-electron chi connectivity index (χ3n) is 8.50. The summed E-state index contributed by atoms with van der Waals surface area (Å²) in [4.78, 5) is 26.5. The van der Waals surface area contributed by atoms with Crippen molar-refractivity contribution in [1.29, 1.82) is 0 Å². The Morgan fingerprint density at radius 2 is 1.61 bits per heavy atom. The summed E-state index contributed by atoms with van der Waals surface area (Å²) in [5, 5.41) is 0. The van der Waals surface area contributed by atoms with Crippen molar-refractivity contribution in [1.82, 2.24) is 0 Å². The van der Waals surface area contributed by atoms with E-state index in [-0.39, 0.29) is 23.9 Å². The van der Waals surface area contributed by atoms with Crippen molar-refractivity contribution in [3.8, 4) is 40.2 Å². The van der Waals surface area contributed by atoms with Crippen LogP contribution in [0.4, 0.5) is 0 Å². The van der Waals surface area contributed by atoms with Gasteiger partial charge in [-0.05, 0) is 47.5 Å². The van der Waals surface area contributed by atoms with Crippen LogP contribution in [0, 0.1) is 0 Å². The number of fused-ring (bicyclic) bond motifs is 4. The van der Waals surface area contributed by atoms with E-state index in [1.807, 2.05) is 30.3 Å². The van der Waals surface area contributed by atoms with Crippen LogP contribution in [0.3, 0.4) is 0 Å². The van der Waals surface area contributed by atoms with Crippen molar-refractivity contribution in [3.05, 3.63) is 106 Å². The average Bonchev–Trinajstić information content (AvgIpc) is 3.67. The molecule has 46 heavy (non-hydrogen) atoms. The lowest BCUT2D eigenvalue weighted by molar-refractivity contribution is -0.135. The number of allylic oxidation sites excluding steroid dienone is 1. The molecule has 0 spiro atoms. The first kappa shape index (κ1) is 29.3. The summed E-state index contributed by atoms with van der Waals surface area (Å²) < 4.78 is 40.3. The van der Waals surface area contributed by atoms with Gasteiger partial charge in [-0.1, -0.05) is 30.3 Å². The van der Waals surface area contributed by atoms with Crippen LogP contribution in [0.5, 0.6) is 40.2 Å². The van der Waals surface area contributed by atoms with E-state index in [1.165, 1.54) is 32.5 Å².